The second-order valence-electron chi connectivity index (χ2n) is 6.06. The summed E-state index contributed by atoms with van der Waals surface area (Å²) in [4.78, 5) is 14.2. The molecule has 0 spiro atoms. The SMILES string of the molecule is CCC1(C)CN(C(=O)c2c(F)cccc2F)c2ccc(Cl)cc21. The molecule has 0 aliphatic carbocycles. The number of carbonyl (C=O) groups is 1. The average Bonchev–Trinajstić information content (AvgIpc) is 2.81. The summed E-state index contributed by atoms with van der Waals surface area (Å²) in [6.45, 7) is 4.40. The molecule has 0 fully saturated rings. The number of anilines is 1. The van der Waals surface area contributed by atoms with Crippen molar-refractivity contribution < 1.29 is 13.6 Å². The van der Waals surface area contributed by atoms with Crippen LogP contribution in [0.25, 0.3) is 0 Å². The average molecular weight is 336 g/mol. The molecule has 1 atom stereocenters. The number of carbonyl (C=O) groups excluding carboxylic acids is 1. The van der Waals surface area contributed by atoms with Crippen molar-refractivity contribution >= 4 is 23.2 Å². The van der Waals surface area contributed by atoms with Crippen molar-refractivity contribution in [3.63, 3.8) is 0 Å². The molecule has 1 aliphatic rings. The number of hydrogen-bond donors (Lipinski definition) is 0. The summed E-state index contributed by atoms with van der Waals surface area (Å²) in [7, 11) is 0. The van der Waals surface area contributed by atoms with Gasteiger partial charge >= 0.3 is 0 Å². The Balaban J connectivity index is 2.11. The summed E-state index contributed by atoms with van der Waals surface area (Å²) in [5, 5.41) is 0.579. The molecule has 1 unspecified atom stereocenters. The van der Waals surface area contributed by atoms with Gasteiger partial charge in [-0.3, -0.25) is 4.79 Å². The predicted octanol–water partition coefficient (Wildman–Crippen LogP) is 4.95. The number of rotatable bonds is 2. The minimum atomic E-state index is -0.851. The summed E-state index contributed by atoms with van der Waals surface area (Å²) in [5.74, 6) is -2.37. The van der Waals surface area contributed by atoms with E-state index in [2.05, 4.69) is 0 Å². The van der Waals surface area contributed by atoms with Gasteiger partial charge in [0.15, 0.2) is 0 Å². The van der Waals surface area contributed by atoms with E-state index in [0.717, 1.165) is 24.1 Å². The van der Waals surface area contributed by atoms with Crippen LogP contribution in [0.3, 0.4) is 0 Å². The topological polar surface area (TPSA) is 20.3 Å². The second-order valence-corrected chi connectivity index (χ2v) is 6.50. The zero-order valence-electron chi connectivity index (χ0n) is 12.9. The first-order valence-electron chi connectivity index (χ1n) is 7.43. The van der Waals surface area contributed by atoms with Gasteiger partial charge in [-0.05, 0) is 42.3 Å². The van der Waals surface area contributed by atoms with Crippen molar-refractivity contribution in [2.45, 2.75) is 25.7 Å². The highest BCUT2D eigenvalue weighted by atomic mass is 35.5. The van der Waals surface area contributed by atoms with E-state index in [0.29, 0.717) is 17.3 Å². The van der Waals surface area contributed by atoms with Gasteiger partial charge in [0.2, 0.25) is 0 Å². The number of fused-ring (bicyclic) bond motifs is 1. The van der Waals surface area contributed by atoms with E-state index >= 15 is 0 Å². The largest absolute Gasteiger partial charge is 0.307 e. The molecule has 1 aliphatic heterocycles. The number of benzene rings is 2. The fourth-order valence-electron chi connectivity index (χ4n) is 3.07. The van der Waals surface area contributed by atoms with Crippen molar-refractivity contribution in [2.75, 3.05) is 11.4 Å². The Bertz CT molecular complexity index is 772. The van der Waals surface area contributed by atoms with E-state index in [1.807, 2.05) is 19.9 Å². The molecular weight excluding hydrogens is 320 g/mol. The number of halogens is 3. The van der Waals surface area contributed by atoms with Crippen LogP contribution in [0, 0.1) is 11.6 Å². The molecule has 2 aromatic carbocycles. The Kier molecular flexibility index (Phi) is 3.88. The maximum Gasteiger partial charge on any atom is 0.264 e. The monoisotopic (exact) mass is 335 g/mol. The van der Waals surface area contributed by atoms with E-state index in [1.54, 1.807) is 12.1 Å². The third kappa shape index (κ3) is 2.51. The van der Waals surface area contributed by atoms with Crippen LogP contribution in [-0.4, -0.2) is 12.5 Å². The van der Waals surface area contributed by atoms with Crippen LogP contribution in [0.2, 0.25) is 5.02 Å². The highest BCUT2D eigenvalue weighted by Gasteiger charge is 2.41. The second kappa shape index (κ2) is 5.60. The Labute approximate surface area is 138 Å². The molecule has 0 aromatic heterocycles. The molecule has 1 heterocycles. The lowest BCUT2D eigenvalue weighted by Crippen LogP contribution is -2.36. The lowest BCUT2D eigenvalue weighted by atomic mass is 9.82. The molecule has 23 heavy (non-hydrogen) atoms. The van der Waals surface area contributed by atoms with E-state index in [-0.39, 0.29) is 5.41 Å². The van der Waals surface area contributed by atoms with Crippen LogP contribution in [0.4, 0.5) is 14.5 Å². The molecule has 0 bridgehead atoms. The first kappa shape index (κ1) is 15.9. The van der Waals surface area contributed by atoms with E-state index < -0.39 is 23.1 Å². The van der Waals surface area contributed by atoms with Gasteiger partial charge in [0.05, 0.1) is 0 Å². The normalized spacial score (nSPS) is 19.8. The van der Waals surface area contributed by atoms with Crippen LogP contribution in [0.5, 0.6) is 0 Å². The van der Waals surface area contributed by atoms with Crippen LogP contribution in [0.1, 0.15) is 36.2 Å². The van der Waals surface area contributed by atoms with Gasteiger partial charge in [0.25, 0.3) is 5.91 Å². The first-order valence-corrected chi connectivity index (χ1v) is 7.81. The van der Waals surface area contributed by atoms with Gasteiger partial charge in [-0.25, -0.2) is 8.78 Å². The van der Waals surface area contributed by atoms with Gasteiger partial charge in [-0.15, -0.1) is 0 Å². The molecule has 120 valence electrons. The Morgan fingerprint density at radius 1 is 1.26 bits per heavy atom. The summed E-state index contributed by atoms with van der Waals surface area (Å²) >= 11 is 6.08. The summed E-state index contributed by atoms with van der Waals surface area (Å²) in [6.07, 6.45) is 0.782. The molecule has 5 heteroatoms. The fraction of sp³-hybridized carbons (Fsp3) is 0.278. The molecule has 2 aromatic rings. The Hall–Kier alpha value is -1.94. The van der Waals surface area contributed by atoms with E-state index in [4.69, 9.17) is 11.6 Å². The number of nitrogens with zero attached hydrogens (tertiary/aromatic N) is 1. The van der Waals surface area contributed by atoms with E-state index in [9.17, 15) is 13.6 Å². The Morgan fingerprint density at radius 3 is 2.52 bits per heavy atom. The fourth-order valence-corrected chi connectivity index (χ4v) is 3.24. The zero-order chi connectivity index (χ0) is 16.8. The van der Waals surface area contributed by atoms with Gasteiger partial charge in [0, 0.05) is 22.7 Å². The molecule has 0 saturated carbocycles. The van der Waals surface area contributed by atoms with Crippen LogP contribution >= 0.6 is 11.6 Å². The standard InChI is InChI=1S/C18H16ClF2NO/c1-3-18(2)10-22(15-8-7-11(19)9-12(15)18)17(23)16-13(20)5-4-6-14(16)21/h4-9H,3,10H2,1-2H3. The summed E-state index contributed by atoms with van der Waals surface area (Å²) in [5.41, 5.74) is 0.773. The van der Waals surface area contributed by atoms with Crippen molar-refractivity contribution in [3.05, 3.63) is 64.2 Å². The highest BCUT2D eigenvalue weighted by Crippen LogP contribution is 2.44. The van der Waals surface area contributed by atoms with Gasteiger partial charge in [-0.2, -0.15) is 0 Å². The van der Waals surface area contributed by atoms with Crippen LogP contribution < -0.4 is 4.90 Å². The van der Waals surface area contributed by atoms with E-state index in [1.165, 1.54) is 11.0 Å². The molecule has 0 N–H and O–H groups in total. The van der Waals surface area contributed by atoms with Gasteiger partial charge in [0.1, 0.15) is 17.2 Å². The summed E-state index contributed by atoms with van der Waals surface area (Å²) in [6, 6.07) is 8.66. The van der Waals surface area contributed by atoms with Gasteiger partial charge < -0.3 is 4.90 Å². The first-order chi connectivity index (χ1) is 10.9. The Morgan fingerprint density at radius 2 is 1.91 bits per heavy atom. The van der Waals surface area contributed by atoms with Crippen LogP contribution in [-0.2, 0) is 5.41 Å². The zero-order valence-corrected chi connectivity index (χ0v) is 13.6. The molecule has 3 rings (SSSR count). The maximum absolute atomic E-state index is 14.0. The van der Waals surface area contributed by atoms with Crippen molar-refractivity contribution in [2.24, 2.45) is 0 Å². The molecular formula is C18H16ClF2NO. The van der Waals surface area contributed by atoms with Crippen LogP contribution in [0.15, 0.2) is 36.4 Å². The highest BCUT2D eigenvalue weighted by molar-refractivity contribution is 6.30. The smallest absolute Gasteiger partial charge is 0.264 e. The van der Waals surface area contributed by atoms with Crippen molar-refractivity contribution in [3.8, 4) is 0 Å². The third-order valence-corrected chi connectivity index (χ3v) is 4.84. The van der Waals surface area contributed by atoms with Crippen molar-refractivity contribution in [1.29, 1.82) is 0 Å². The van der Waals surface area contributed by atoms with Gasteiger partial charge in [-0.1, -0.05) is 31.5 Å². The summed E-state index contributed by atoms with van der Waals surface area (Å²) < 4.78 is 27.9. The maximum atomic E-state index is 14.0. The molecule has 2 nitrogen and oxygen atoms in total. The predicted molar refractivity (Wildman–Crippen MR) is 87.1 cm³/mol. The number of hydrogen-bond acceptors (Lipinski definition) is 1. The lowest BCUT2D eigenvalue weighted by molar-refractivity contribution is 0.0977. The molecule has 1 amide bonds. The lowest BCUT2D eigenvalue weighted by Gasteiger charge is -2.24. The quantitative estimate of drug-likeness (QED) is 0.760. The van der Waals surface area contributed by atoms with Crippen molar-refractivity contribution in [1.82, 2.24) is 0 Å². The molecule has 0 saturated heterocycles. The number of amides is 1. The molecule has 0 radical (unpaired) electrons. The minimum absolute atomic E-state index is 0.294. The third-order valence-electron chi connectivity index (χ3n) is 4.61. The minimum Gasteiger partial charge on any atom is -0.307 e.